The molecule has 110 valence electrons. The summed E-state index contributed by atoms with van der Waals surface area (Å²) in [4.78, 5) is 11.8. The van der Waals surface area contributed by atoms with Crippen LogP contribution in [-0.4, -0.2) is 15.9 Å². The monoisotopic (exact) mass is 301 g/mol. The van der Waals surface area contributed by atoms with Gasteiger partial charge in [0, 0.05) is 34.4 Å². The summed E-state index contributed by atoms with van der Waals surface area (Å²) in [6.07, 6.45) is 0.271. The first-order chi connectivity index (χ1) is 10.1. The van der Waals surface area contributed by atoms with E-state index in [0.717, 1.165) is 16.8 Å². The van der Waals surface area contributed by atoms with Crippen LogP contribution in [0.15, 0.2) is 54.6 Å². The van der Waals surface area contributed by atoms with Crippen molar-refractivity contribution in [1.29, 1.82) is 0 Å². The van der Waals surface area contributed by atoms with E-state index in [0.29, 0.717) is 11.5 Å². The van der Waals surface area contributed by atoms with Gasteiger partial charge in [0.05, 0.1) is 0 Å². The first kappa shape index (κ1) is 15.4. The van der Waals surface area contributed by atoms with Gasteiger partial charge in [0.15, 0.2) is 0 Å². The topological polar surface area (TPSA) is 46.2 Å². The molecule has 0 saturated carbocycles. The lowest BCUT2D eigenvalue weighted by atomic mass is 10.2. The summed E-state index contributed by atoms with van der Waals surface area (Å²) < 4.78 is 12.0. The van der Waals surface area contributed by atoms with Crippen LogP contribution in [0.5, 0.6) is 0 Å². The zero-order valence-corrected chi connectivity index (χ0v) is 12.9. The maximum Gasteiger partial charge on any atom is 0.225 e. The number of para-hydroxylation sites is 1. The number of carbonyl (C=O) groups excluding carboxylic acids is 1. The Hall–Kier alpha value is -1.94. The van der Waals surface area contributed by atoms with Crippen molar-refractivity contribution in [2.75, 3.05) is 11.1 Å². The zero-order valence-electron chi connectivity index (χ0n) is 12.0. The second-order valence-corrected chi connectivity index (χ2v) is 6.52. The summed E-state index contributed by atoms with van der Waals surface area (Å²) in [5, 5.41) is 2.80. The predicted octanol–water partition coefficient (Wildman–Crippen LogP) is 3.27. The van der Waals surface area contributed by atoms with Gasteiger partial charge in [-0.15, -0.1) is 0 Å². The van der Waals surface area contributed by atoms with Gasteiger partial charge in [0.2, 0.25) is 5.91 Å². The van der Waals surface area contributed by atoms with E-state index >= 15 is 0 Å². The van der Waals surface area contributed by atoms with Crippen molar-refractivity contribution in [1.82, 2.24) is 0 Å². The molecule has 3 nitrogen and oxygen atoms in total. The molecule has 0 aliphatic rings. The van der Waals surface area contributed by atoms with Crippen molar-refractivity contribution in [3.8, 4) is 0 Å². The molecule has 0 radical (unpaired) electrons. The maximum atomic E-state index is 12.0. The van der Waals surface area contributed by atoms with E-state index in [9.17, 15) is 9.00 Å². The fraction of sp³-hybridized carbons (Fsp3) is 0.235. The quantitative estimate of drug-likeness (QED) is 0.890. The minimum Gasteiger partial charge on any atom is -0.326 e. The standard InChI is InChI=1S/C17H19NO2S/c1-14-6-5-7-15(12-14)13-21(20)11-10-17(19)18-16-8-3-2-4-9-16/h2-9,12H,10-11,13H2,1H3,(H,18,19)/t21-/m0/s1. The molecule has 1 amide bonds. The number of carbonyl (C=O) groups is 1. The van der Waals surface area contributed by atoms with E-state index in [2.05, 4.69) is 5.32 Å². The molecule has 21 heavy (non-hydrogen) atoms. The minimum atomic E-state index is -1.02. The highest BCUT2D eigenvalue weighted by Gasteiger charge is 2.07. The van der Waals surface area contributed by atoms with E-state index in [1.165, 1.54) is 0 Å². The van der Waals surface area contributed by atoms with Crippen LogP contribution < -0.4 is 5.32 Å². The Morgan fingerprint density at radius 2 is 1.86 bits per heavy atom. The number of hydrogen-bond donors (Lipinski definition) is 1. The van der Waals surface area contributed by atoms with E-state index in [1.54, 1.807) is 0 Å². The van der Waals surface area contributed by atoms with Gasteiger partial charge in [-0.25, -0.2) is 0 Å². The average Bonchev–Trinajstić information content (AvgIpc) is 2.46. The summed E-state index contributed by atoms with van der Waals surface area (Å²) in [5.74, 6) is 0.784. The molecular formula is C17H19NO2S. The van der Waals surface area contributed by atoms with Gasteiger partial charge in [-0.3, -0.25) is 9.00 Å². The van der Waals surface area contributed by atoms with Crippen molar-refractivity contribution >= 4 is 22.4 Å². The second-order valence-electron chi connectivity index (χ2n) is 4.94. The highest BCUT2D eigenvalue weighted by atomic mass is 32.2. The highest BCUT2D eigenvalue weighted by Crippen LogP contribution is 2.09. The number of nitrogens with one attached hydrogen (secondary N) is 1. The second kappa shape index (κ2) is 7.74. The van der Waals surface area contributed by atoms with Crippen LogP contribution in [0.4, 0.5) is 5.69 Å². The summed E-state index contributed by atoms with van der Waals surface area (Å²) in [5.41, 5.74) is 2.98. The molecule has 0 heterocycles. The molecule has 0 aliphatic heterocycles. The zero-order chi connectivity index (χ0) is 15.1. The molecule has 2 aromatic rings. The fourth-order valence-corrected chi connectivity index (χ4v) is 3.12. The first-order valence-electron chi connectivity index (χ1n) is 6.89. The molecule has 0 spiro atoms. The molecule has 0 saturated heterocycles. The van der Waals surface area contributed by atoms with E-state index in [1.807, 2.05) is 61.5 Å². The third-order valence-corrected chi connectivity index (χ3v) is 4.34. The molecular weight excluding hydrogens is 282 g/mol. The van der Waals surface area contributed by atoms with Gasteiger partial charge in [-0.05, 0) is 24.6 Å². The molecule has 4 heteroatoms. The normalized spacial score (nSPS) is 11.9. The molecule has 0 fully saturated rings. The number of amides is 1. The number of anilines is 1. The van der Waals surface area contributed by atoms with Gasteiger partial charge >= 0.3 is 0 Å². The minimum absolute atomic E-state index is 0.0983. The van der Waals surface area contributed by atoms with Crippen LogP contribution in [0, 0.1) is 6.92 Å². The molecule has 1 N–H and O–H groups in total. The Kier molecular flexibility index (Phi) is 5.69. The van der Waals surface area contributed by atoms with Crippen LogP contribution in [0.1, 0.15) is 17.5 Å². The molecule has 2 aromatic carbocycles. The van der Waals surface area contributed by atoms with Crippen LogP contribution in [0.3, 0.4) is 0 Å². The lowest BCUT2D eigenvalue weighted by Gasteiger charge is -2.06. The molecule has 0 aliphatic carbocycles. The van der Waals surface area contributed by atoms with E-state index in [-0.39, 0.29) is 12.3 Å². The van der Waals surface area contributed by atoms with Crippen LogP contribution >= 0.6 is 0 Å². The van der Waals surface area contributed by atoms with Gasteiger partial charge in [-0.1, -0.05) is 48.0 Å². The molecule has 1 atom stereocenters. The van der Waals surface area contributed by atoms with Crippen molar-refractivity contribution < 1.29 is 9.00 Å². The van der Waals surface area contributed by atoms with Gasteiger partial charge in [0.1, 0.15) is 0 Å². The maximum absolute atomic E-state index is 12.0. The van der Waals surface area contributed by atoms with Crippen molar-refractivity contribution in [3.05, 3.63) is 65.7 Å². The largest absolute Gasteiger partial charge is 0.326 e. The third-order valence-electron chi connectivity index (χ3n) is 3.02. The third kappa shape index (κ3) is 5.52. The molecule has 2 rings (SSSR count). The Bertz CT molecular complexity index is 626. The van der Waals surface area contributed by atoms with Gasteiger partial charge in [0.25, 0.3) is 0 Å². The molecule has 0 unspecified atom stereocenters. The summed E-state index contributed by atoms with van der Waals surface area (Å²) in [6, 6.07) is 17.3. The fourth-order valence-electron chi connectivity index (χ4n) is 2.01. The van der Waals surface area contributed by atoms with Crippen molar-refractivity contribution in [2.24, 2.45) is 0 Å². The highest BCUT2D eigenvalue weighted by molar-refractivity contribution is 7.84. The van der Waals surface area contributed by atoms with Crippen LogP contribution in [0.25, 0.3) is 0 Å². The lowest BCUT2D eigenvalue weighted by molar-refractivity contribution is -0.115. The Morgan fingerprint density at radius 1 is 1.10 bits per heavy atom. The Labute approximate surface area is 127 Å². The van der Waals surface area contributed by atoms with Crippen LogP contribution in [-0.2, 0) is 21.3 Å². The van der Waals surface area contributed by atoms with E-state index in [4.69, 9.17) is 0 Å². The van der Waals surface area contributed by atoms with Crippen molar-refractivity contribution in [3.63, 3.8) is 0 Å². The van der Waals surface area contributed by atoms with Gasteiger partial charge < -0.3 is 5.32 Å². The van der Waals surface area contributed by atoms with E-state index < -0.39 is 10.8 Å². The number of rotatable bonds is 6. The smallest absolute Gasteiger partial charge is 0.225 e. The Morgan fingerprint density at radius 3 is 2.57 bits per heavy atom. The SMILES string of the molecule is Cc1cccc(C[S@@](=O)CCC(=O)Nc2ccccc2)c1. The lowest BCUT2D eigenvalue weighted by Crippen LogP contribution is -2.15. The first-order valence-corrected chi connectivity index (χ1v) is 8.38. The van der Waals surface area contributed by atoms with Gasteiger partial charge in [-0.2, -0.15) is 0 Å². The summed E-state index contributed by atoms with van der Waals surface area (Å²) in [7, 11) is -1.02. The predicted molar refractivity (Wildman–Crippen MR) is 87.6 cm³/mol. The van der Waals surface area contributed by atoms with Crippen LogP contribution in [0.2, 0.25) is 0 Å². The number of aryl methyl sites for hydroxylation is 1. The number of hydrogen-bond acceptors (Lipinski definition) is 2. The van der Waals surface area contributed by atoms with Crippen molar-refractivity contribution in [2.45, 2.75) is 19.1 Å². The summed E-state index contributed by atoms with van der Waals surface area (Å²) >= 11 is 0. The molecule has 0 bridgehead atoms. The average molecular weight is 301 g/mol. The number of benzene rings is 2. The molecule has 0 aromatic heterocycles. The Balaban J connectivity index is 1.77. The summed E-state index contributed by atoms with van der Waals surface area (Å²) in [6.45, 7) is 2.01.